The summed E-state index contributed by atoms with van der Waals surface area (Å²) in [7, 11) is 0. The summed E-state index contributed by atoms with van der Waals surface area (Å²) in [5.74, 6) is 0.837. The van der Waals surface area contributed by atoms with Gasteiger partial charge < -0.3 is 10.5 Å². The lowest BCUT2D eigenvalue weighted by atomic mass is 10.1. The lowest BCUT2D eigenvalue weighted by molar-refractivity contribution is 0.351. The van der Waals surface area contributed by atoms with Gasteiger partial charge in [-0.3, -0.25) is 0 Å². The molecule has 2 rings (SSSR count). The summed E-state index contributed by atoms with van der Waals surface area (Å²) in [6.45, 7) is 4.74. The topological polar surface area (TPSA) is 35.2 Å². The number of benzene rings is 2. The highest BCUT2D eigenvalue weighted by Crippen LogP contribution is 2.22. The fourth-order valence-corrected chi connectivity index (χ4v) is 1.62. The van der Waals surface area contributed by atoms with E-state index in [1.165, 1.54) is 11.1 Å². The Kier molecular flexibility index (Phi) is 4.15. The van der Waals surface area contributed by atoms with Crippen LogP contribution >= 0.6 is 0 Å². The van der Waals surface area contributed by atoms with Crippen LogP contribution in [0.3, 0.4) is 0 Å². The summed E-state index contributed by atoms with van der Waals surface area (Å²) in [5.41, 5.74) is 8.73. The van der Waals surface area contributed by atoms with E-state index in [2.05, 4.69) is 30.8 Å². The second kappa shape index (κ2) is 6.03. The van der Waals surface area contributed by atoms with E-state index in [1.54, 1.807) is 0 Å². The zero-order chi connectivity index (χ0) is 12.8. The van der Waals surface area contributed by atoms with Crippen molar-refractivity contribution in [1.82, 2.24) is 0 Å². The molecule has 0 aromatic heterocycles. The van der Waals surface area contributed by atoms with E-state index in [9.17, 15) is 0 Å². The molecule has 0 aliphatic heterocycles. The van der Waals surface area contributed by atoms with Crippen LogP contribution in [0.25, 0.3) is 11.1 Å². The van der Waals surface area contributed by atoms with E-state index in [0.717, 1.165) is 11.3 Å². The van der Waals surface area contributed by atoms with E-state index in [4.69, 9.17) is 10.5 Å². The molecule has 0 saturated carbocycles. The predicted molar refractivity (Wildman–Crippen MR) is 75.6 cm³/mol. The Balaban J connectivity index is 2.04. The Bertz CT molecular complexity index is 502. The minimum Gasteiger partial charge on any atom is -0.489 e. The van der Waals surface area contributed by atoms with Crippen molar-refractivity contribution < 1.29 is 4.74 Å². The molecule has 2 heteroatoms. The normalized spacial score (nSPS) is 10.1. The molecule has 0 spiro atoms. The van der Waals surface area contributed by atoms with Crippen LogP contribution in [0, 0.1) is 0 Å². The van der Waals surface area contributed by atoms with Crippen LogP contribution < -0.4 is 10.5 Å². The Morgan fingerprint density at radius 2 is 1.56 bits per heavy atom. The molecule has 0 fully saturated rings. The molecule has 0 heterocycles. The summed E-state index contributed by atoms with van der Waals surface area (Å²) >= 11 is 0. The molecule has 92 valence electrons. The molecule has 2 aromatic rings. The Labute approximate surface area is 108 Å². The molecule has 0 aliphatic carbocycles. The molecule has 2 N–H and O–H groups in total. The first-order chi connectivity index (χ1) is 8.79. The second-order valence-electron chi connectivity index (χ2n) is 4.13. The first-order valence-electron chi connectivity index (χ1n) is 5.94. The van der Waals surface area contributed by atoms with E-state index >= 15 is 0 Å². The first kappa shape index (κ1) is 12.4. The third kappa shape index (κ3) is 3.22. The molecule has 0 unspecified atom stereocenters. The number of rotatable bonds is 5. The van der Waals surface area contributed by atoms with Gasteiger partial charge in [0, 0.05) is 6.54 Å². The van der Waals surface area contributed by atoms with Crippen LogP contribution in [0.2, 0.25) is 0 Å². The van der Waals surface area contributed by atoms with Crippen molar-refractivity contribution in [2.75, 3.05) is 13.2 Å². The quantitative estimate of drug-likeness (QED) is 0.813. The van der Waals surface area contributed by atoms with Crippen LogP contribution in [0.15, 0.2) is 66.7 Å². The highest BCUT2D eigenvalue weighted by molar-refractivity contribution is 5.63. The maximum Gasteiger partial charge on any atom is 0.119 e. The maximum absolute atomic E-state index is 5.57. The Hall–Kier alpha value is -2.06. The van der Waals surface area contributed by atoms with Crippen LogP contribution in [-0.4, -0.2) is 13.2 Å². The van der Waals surface area contributed by atoms with E-state index in [-0.39, 0.29) is 0 Å². The van der Waals surface area contributed by atoms with Crippen molar-refractivity contribution in [2.45, 2.75) is 0 Å². The van der Waals surface area contributed by atoms with Gasteiger partial charge in [-0.25, -0.2) is 0 Å². The van der Waals surface area contributed by atoms with Crippen LogP contribution in [0.1, 0.15) is 0 Å². The van der Waals surface area contributed by atoms with Gasteiger partial charge in [0.15, 0.2) is 0 Å². The van der Waals surface area contributed by atoms with Gasteiger partial charge >= 0.3 is 0 Å². The molecule has 2 nitrogen and oxygen atoms in total. The molecule has 18 heavy (non-hydrogen) atoms. The van der Waals surface area contributed by atoms with E-state index < -0.39 is 0 Å². The van der Waals surface area contributed by atoms with E-state index in [1.807, 2.05) is 30.3 Å². The third-order valence-electron chi connectivity index (χ3n) is 2.69. The number of nitrogens with two attached hydrogens (primary N) is 1. The van der Waals surface area contributed by atoms with Crippen molar-refractivity contribution in [2.24, 2.45) is 5.73 Å². The third-order valence-corrected chi connectivity index (χ3v) is 2.69. The Morgan fingerprint density at radius 3 is 2.17 bits per heavy atom. The molecule has 0 bridgehead atoms. The van der Waals surface area contributed by atoms with Crippen molar-refractivity contribution in [3.8, 4) is 16.9 Å². The summed E-state index contributed by atoms with van der Waals surface area (Å²) in [4.78, 5) is 0. The molecule has 0 aliphatic rings. The number of hydrogen-bond acceptors (Lipinski definition) is 2. The standard InChI is InChI=1S/C16H17NO/c1-13(11-17)12-18-16-9-7-15(8-10-16)14-5-3-2-4-6-14/h2-10H,1,11-12,17H2. The molecule has 2 aromatic carbocycles. The lowest BCUT2D eigenvalue weighted by Gasteiger charge is -2.08. The zero-order valence-electron chi connectivity index (χ0n) is 10.3. The fourth-order valence-electron chi connectivity index (χ4n) is 1.62. The smallest absolute Gasteiger partial charge is 0.119 e. The molecular weight excluding hydrogens is 222 g/mol. The molecule has 0 radical (unpaired) electrons. The lowest BCUT2D eigenvalue weighted by Crippen LogP contribution is -2.09. The van der Waals surface area contributed by atoms with Gasteiger partial charge in [-0.05, 0) is 28.8 Å². The van der Waals surface area contributed by atoms with Crippen molar-refractivity contribution in [3.05, 3.63) is 66.7 Å². The van der Waals surface area contributed by atoms with Gasteiger partial charge in [-0.1, -0.05) is 49.0 Å². The average Bonchev–Trinajstić information content (AvgIpc) is 2.46. The number of ether oxygens (including phenoxy) is 1. The highest BCUT2D eigenvalue weighted by atomic mass is 16.5. The van der Waals surface area contributed by atoms with Gasteiger partial charge in [-0.2, -0.15) is 0 Å². The second-order valence-corrected chi connectivity index (χ2v) is 4.13. The van der Waals surface area contributed by atoms with Crippen molar-refractivity contribution in [3.63, 3.8) is 0 Å². The minimum atomic E-state index is 0.460. The van der Waals surface area contributed by atoms with Gasteiger partial charge in [0.05, 0.1) is 0 Å². The maximum atomic E-state index is 5.57. The van der Waals surface area contributed by atoms with Gasteiger partial charge in [0.25, 0.3) is 0 Å². The largest absolute Gasteiger partial charge is 0.489 e. The molecular formula is C16H17NO. The Morgan fingerprint density at radius 1 is 0.944 bits per heavy atom. The molecule has 0 saturated heterocycles. The molecule has 0 atom stereocenters. The van der Waals surface area contributed by atoms with E-state index in [0.29, 0.717) is 13.2 Å². The van der Waals surface area contributed by atoms with Crippen LogP contribution in [0.4, 0.5) is 0 Å². The van der Waals surface area contributed by atoms with Crippen molar-refractivity contribution in [1.29, 1.82) is 0 Å². The summed E-state index contributed by atoms with van der Waals surface area (Å²) in [6.07, 6.45) is 0. The monoisotopic (exact) mass is 239 g/mol. The SMILES string of the molecule is C=C(CN)COc1ccc(-c2ccccc2)cc1. The average molecular weight is 239 g/mol. The summed E-state index contributed by atoms with van der Waals surface area (Å²) in [5, 5.41) is 0. The highest BCUT2D eigenvalue weighted by Gasteiger charge is 1.98. The first-order valence-corrected chi connectivity index (χ1v) is 5.94. The predicted octanol–water partition coefficient (Wildman–Crippen LogP) is 3.25. The molecule has 0 amide bonds. The van der Waals surface area contributed by atoms with Crippen LogP contribution in [0.5, 0.6) is 5.75 Å². The van der Waals surface area contributed by atoms with Crippen LogP contribution in [-0.2, 0) is 0 Å². The number of hydrogen-bond donors (Lipinski definition) is 1. The minimum absolute atomic E-state index is 0.460. The fraction of sp³-hybridized carbons (Fsp3) is 0.125. The summed E-state index contributed by atoms with van der Waals surface area (Å²) < 4.78 is 5.57. The van der Waals surface area contributed by atoms with Gasteiger partial charge in [0.1, 0.15) is 12.4 Å². The van der Waals surface area contributed by atoms with Gasteiger partial charge in [0.2, 0.25) is 0 Å². The van der Waals surface area contributed by atoms with Crippen molar-refractivity contribution >= 4 is 0 Å². The van der Waals surface area contributed by atoms with Gasteiger partial charge in [-0.15, -0.1) is 0 Å². The summed E-state index contributed by atoms with van der Waals surface area (Å²) in [6, 6.07) is 18.3. The zero-order valence-corrected chi connectivity index (χ0v) is 10.3.